The first-order valence-corrected chi connectivity index (χ1v) is 11.5. The lowest BCUT2D eigenvalue weighted by Crippen LogP contribution is -2.60. The minimum atomic E-state index is -2.32. The predicted octanol–water partition coefficient (Wildman–Crippen LogP) is 3.64. The minimum absolute atomic E-state index is 0.0557. The molecule has 1 aromatic carbocycles. The summed E-state index contributed by atoms with van der Waals surface area (Å²) in [7, 11) is 0. The Bertz CT molecular complexity index is 991. The summed E-state index contributed by atoms with van der Waals surface area (Å²) in [6.07, 6.45) is 7.83. The van der Waals surface area contributed by atoms with E-state index in [2.05, 4.69) is 15.3 Å². The van der Waals surface area contributed by atoms with Gasteiger partial charge >= 0.3 is 0 Å². The summed E-state index contributed by atoms with van der Waals surface area (Å²) in [5, 5.41) is 3.10. The van der Waals surface area contributed by atoms with E-state index in [9.17, 15) is 14.0 Å². The molecule has 2 amide bonds. The van der Waals surface area contributed by atoms with Gasteiger partial charge in [0.05, 0.1) is 13.2 Å². The number of hydrogen-bond acceptors (Lipinski definition) is 5. The number of nitrogens with zero attached hydrogens (tertiary/aromatic N) is 3. The predicted molar refractivity (Wildman–Crippen MR) is 122 cm³/mol. The van der Waals surface area contributed by atoms with Crippen molar-refractivity contribution in [3.05, 3.63) is 54.1 Å². The number of nitrogens with one attached hydrogen (secondary N) is 1. The summed E-state index contributed by atoms with van der Waals surface area (Å²) >= 11 is 5.62. The molecule has 1 aromatic heterocycles. The summed E-state index contributed by atoms with van der Waals surface area (Å²) in [4.78, 5) is 36.1. The van der Waals surface area contributed by atoms with Crippen LogP contribution >= 0.6 is 11.6 Å². The number of rotatable bonds is 6. The Morgan fingerprint density at radius 2 is 1.82 bits per heavy atom. The second-order valence-corrected chi connectivity index (χ2v) is 9.63. The molecule has 1 saturated carbocycles. The molecule has 2 fully saturated rings. The average molecular weight is 475 g/mol. The molecule has 9 heteroatoms. The maximum atomic E-state index is 14.2. The lowest BCUT2D eigenvalue weighted by molar-refractivity contribution is -0.139. The first-order chi connectivity index (χ1) is 15.7. The van der Waals surface area contributed by atoms with Gasteiger partial charge in [0.1, 0.15) is 6.33 Å². The largest absolute Gasteiger partial charge is 0.380 e. The molecule has 33 heavy (non-hydrogen) atoms. The number of anilines is 1. The highest BCUT2D eigenvalue weighted by molar-refractivity contribution is 6.32. The maximum absolute atomic E-state index is 14.2. The zero-order valence-electron chi connectivity index (χ0n) is 18.8. The van der Waals surface area contributed by atoms with Crippen LogP contribution in [0, 0.1) is 12.3 Å². The van der Waals surface area contributed by atoms with Crippen LogP contribution in [0.4, 0.5) is 10.1 Å². The van der Waals surface area contributed by atoms with Crippen LogP contribution < -0.4 is 10.2 Å². The molecule has 0 radical (unpaired) electrons. The third-order valence-electron chi connectivity index (χ3n) is 6.91. The normalized spacial score (nSPS) is 20.4. The Morgan fingerprint density at radius 1 is 1.21 bits per heavy atom. The Hall–Kier alpha value is -2.58. The fourth-order valence-electron chi connectivity index (χ4n) is 4.69. The molecule has 2 aromatic rings. The molecule has 2 atom stereocenters. The molecule has 0 bridgehead atoms. The molecular weight excluding hydrogens is 447 g/mol. The molecule has 2 aliphatic rings. The number of amides is 2. The van der Waals surface area contributed by atoms with Crippen molar-refractivity contribution in [3.8, 4) is 0 Å². The third kappa shape index (κ3) is 4.59. The van der Waals surface area contributed by atoms with Gasteiger partial charge in [-0.15, -0.1) is 0 Å². The molecule has 1 saturated heterocycles. The number of alkyl halides is 2. The van der Waals surface area contributed by atoms with Gasteiger partial charge < -0.3 is 10.1 Å². The van der Waals surface area contributed by atoms with Gasteiger partial charge in [-0.25, -0.2) is 14.4 Å². The number of halogens is 2. The molecule has 1 spiro atoms. The monoisotopic (exact) mass is 474 g/mol. The van der Waals surface area contributed by atoms with Crippen molar-refractivity contribution in [2.45, 2.75) is 56.7 Å². The van der Waals surface area contributed by atoms with E-state index in [1.807, 2.05) is 6.92 Å². The van der Waals surface area contributed by atoms with Crippen molar-refractivity contribution in [2.75, 3.05) is 18.1 Å². The van der Waals surface area contributed by atoms with E-state index in [-0.39, 0.29) is 11.5 Å². The second-order valence-electron chi connectivity index (χ2n) is 9.25. The zero-order valence-corrected chi connectivity index (χ0v) is 19.5. The van der Waals surface area contributed by atoms with E-state index >= 15 is 0 Å². The van der Waals surface area contributed by atoms with Gasteiger partial charge in [0.25, 0.3) is 17.4 Å². The Balaban J connectivity index is 1.69. The first kappa shape index (κ1) is 23.6. The van der Waals surface area contributed by atoms with Crippen molar-refractivity contribution < 1.29 is 18.7 Å². The number of carbonyl (C=O) groups excluding carboxylic acids is 2. The number of carbonyl (C=O) groups is 2. The Kier molecular flexibility index (Phi) is 6.68. The van der Waals surface area contributed by atoms with E-state index in [4.69, 9.17) is 16.3 Å². The van der Waals surface area contributed by atoms with Gasteiger partial charge in [0.15, 0.2) is 5.54 Å². The highest BCUT2D eigenvalue weighted by Crippen LogP contribution is 2.42. The zero-order chi connectivity index (χ0) is 23.6. The summed E-state index contributed by atoms with van der Waals surface area (Å²) in [5.41, 5.74) is -2.04. The van der Waals surface area contributed by atoms with Crippen molar-refractivity contribution in [1.82, 2.24) is 15.3 Å². The van der Waals surface area contributed by atoms with Crippen molar-refractivity contribution in [2.24, 2.45) is 5.41 Å². The lowest BCUT2D eigenvalue weighted by Gasteiger charge is -2.47. The van der Waals surface area contributed by atoms with Crippen LogP contribution in [0.15, 0.2) is 43.0 Å². The van der Waals surface area contributed by atoms with E-state index in [1.54, 1.807) is 31.2 Å². The fraction of sp³-hybridized carbons (Fsp3) is 0.500. The number of aromatic nitrogens is 2. The van der Waals surface area contributed by atoms with Crippen LogP contribution in [0.2, 0.25) is 0 Å². The molecule has 2 heterocycles. The standard InChI is InChI=1S/C24H28ClFN4O3/c1-16-3-5-19(6-4-16)30(21(31)20(25)26)23(2,17-11-27-15-28-12-17)22(32)29-18-7-9-24(10-8-18)13-33-14-24/h3-6,11-12,15,18,20H,7-10,13-14H2,1-2H3,(H,29,32)/t20-,23+/m0/s1. The van der Waals surface area contributed by atoms with Crippen molar-refractivity contribution >= 4 is 29.1 Å². The van der Waals surface area contributed by atoms with E-state index < -0.39 is 23.0 Å². The fourth-order valence-corrected chi connectivity index (χ4v) is 4.79. The molecule has 1 aliphatic heterocycles. The molecule has 4 rings (SSSR count). The molecule has 0 unspecified atom stereocenters. The smallest absolute Gasteiger partial charge is 0.278 e. The van der Waals surface area contributed by atoms with E-state index in [0.29, 0.717) is 11.3 Å². The van der Waals surface area contributed by atoms with Crippen molar-refractivity contribution in [3.63, 3.8) is 0 Å². The van der Waals surface area contributed by atoms with Crippen LogP contribution in [0.1, 0.15) is 43.7 Å². The number of aryl methyl sites for hydroxylation is 1. The molecule has 1 aliphatic carbocycles. The maximum Gasteiger partial charge on any atom is 0.278 e. The first-order valence-electron chi connectivity index (χ1n) is 11.1. The Labute approximate surface area is 197 Å². The van der Waals surface area contributed by atoms with Crippen molar-refractivity contribution in [1.29, 1.82) is 0 Å². The van der Waals surface area contributed by atoms with Crippen LogP contribution in [0.5, 0.6) is 0 Å². The molecule has 1 N–H and O–H groups in total. The highest BCUT2D eigenvalue weighted by atomic mass is 35.5. The van der Waals surface area contributed by atoms with E-state index in [0.717, 1.165) is 49.4 Å². The van der Waals surface area contributed by atoms with E-state index in [1.165, 1.54) is 18.7 Å². The Morgan fingerprint density at radius 3 is 2.33 bits per heavy atom. The topological polar surface area (TPSA) is 84.4 Å². The van der Waals surface area contributed by atoms with Gasteiger partial charge in [0.2, 0.25) is 0 Å². The quantitative estimate of drug-likeness (QED) is 0.646. The van der Waals surface area contributed by atoms with Crippen LogP contribution in [0.3, 0.4) is 0 Å². The summed E-state index contributed by atoms with van der Waals surface area (Å²) in [5.74, 6) is -1.47. The second kappa shape index (κ2) is 9.35. The third-order valence-corrected chi connectivity index (χ3v) is 7.10. The van der Waals surface area contributed by atoms with Gasteiger partial charge in [-0.3, -0.25) is 14.5 Å². The van der Waals surface area contributed by atoms with Crippen LogP contribution in [-0.4, -0.2) is 46.7 Å². The molecule has 7 nitrogen and oxygen atoms in total. The average Bonchev–Trinajstić information content (AvgIpc) is 2.80. The van der Waals surface area contributed by atoms with Crippen LogP contribution in [-0.2, 0) is 19.9 Å². The molecule has 176 valence electrons. The van der Waals surface area contributed by atoms with Gasteiger partial charge in [-0.2, -0.15) is 0 Å². The summed E-state index contributed by atoms with van der Waals surface area (Å²) < 4.78 is 19.6. The molecular formula is C24H28ClFN4O3. The number of ether oxygens (including phenoxy) is 1. The summed E-state index contributed by atoms with van der Waals surface area (Å²) in [6.45, 7) is 5.02. The van der Waals surface area contributed by atoms with Crippen LogP contribution in [0.25, 0.3) is 0 Å². The highest BCUT2D eigenvalue weighted by Gasteiger charge is 2.48. The van der Waals surface area contributed by atoms with Gasteiger partial charge in [-0.1, -0.05) is 29.3 Å². The summed E-state index contributed by atoms with van der Waals surface area (Å²) in [6, 6.07) is 6.86. The van der Waals surface area contributed by atoms with Gasteiger partial charge in [0, 0.05) is 35.1 Å². The number of hydrogen-bond donors (Lipinski definition) is 1. The lowest BCUT2D eigenvalue weighted by atomic mass is 9.71. The SMILES string of the molecule is Cc1ccc(N(C(=O)[C@H](F)Cl)[C@@](C)(C(=O)NC2CCC3(CC2)COC3)c2cncnc2)cc1. The minimum Gasteiger partial charge on any atom is -0.380 e. The van der Waals surface area contributed by atoms with Gasteiger partial charge in [-0.05, 0) is 51.7 Å². The number of benzene rings is 1.